The van der Waals surface area contributed by atoms with Crippen LogP contribution in [0.2, 0.25) is 0 Å². The summed E-state index contributed by atoms with van der Waals surface area (Å²) >= 11 is 0. The Morgan fingerprint density at radius 3 is 2.95 bits per heavy atom. The molecule has 0 aliphatic heterocycles. The van der Waals surface area contributed by atoms with Crippen LogP contribution in [0.5, 0.6) is 0 Å². The summed E-state index contributed by atoms with van der Waals surface area (Å²) in [6.45, 7) is 4.23. The Kier molecular flexibility index (Phi) is 4.01. The van der Waals surface area contributed by atoms with Gasteiger partial charge in [-0.1, -0.05) is 0 Å². The van der Waals surface area contributed by atoms with Gasteiger partial charge >= 0.3 is 5.97 Å². The monoisotopic (exact) mass is 262 g/mol. The van der Waals surface area contributed by atoms with Crippen molar-refractivity contribution in [1.29, 1.82) is 0 Å². The molecule has 0 saturated heterocycles. The number of nitrogens with zero attached hydrogens (tertiary/aromatic N) is 4. The zero-order valence-corrected chi connectivity index (χ0v) is 10.7. The summed E-state index contributed by atoms with van der Waals surface area (Å²) in [6, 6.07) is 0. The molecule has 0 amide bonds. The quantitative estimate of drug-likeness (QED) is 0.763. The summed E-state index contributed by atoms with van der Waals surface area (Å²) in [6.07, 6.45) is 2.87. The highest BCUT2D eigenvalue weighted by atomic mass is 16.5. The van der Waals surface area contributed by atoms with Crippen molar-refractivity contribution in [2.24, 2.45) is 0 Å². The van der Waals surface area contributed by atoms with Crippen LogP contribution in [0.15, 0.2) is 12.5 Å². The molecule has 2 heterocycles. The minimum atomic E-state index is -0.415. The van der Waals surface area contributed by atoms with Crippen LogP contribution >= 0.6 is 0 Å². The van der Waals surface area contributed by atoms with Gasteiger partial charge in [0.05, 0.1) is 24.4 Å². The van der Waals surface area contributed by atoms with E-state index in [1.54, 1.807) is 13.8 Å². The van der Waals surface area contributed by atoms with Gasteiger partial charge in [-0.25, -0.2) is 19.7 Å². The Morgan fingerprint density at radius 2 is 2.32 bits per heavy atom. The topological polar surface area (TPSA) is 106 Å². The average molecular weight is 262 g/mol. The summed E-state index contributed by atoms with van der Waals surface area (Å²) < 4.78 is 4.90. The van der Waals surface area contributed by atoms with Crippen molar-refractivity contribution < 1.29 is 9.53 Å². The molecule has 0 spiro atoms. The van der Waals surface area contributed by atoms with Crippen molar-refractivity contribution >= 4 is 11.9 Å². The maximum absolute atomic E-state index is 11.6. The Balaban J connectivity index is 2.04. The lowest BCUT2D eigenvalue weighted by atomic mass is 10.2. The molecule has 0 fully saturated rings. The van der Waals surface area contributed by atoms with Crippen LogP contribution < -0.4 is 5.32 Å². The van der Waals surface area contributed by atoms with E-state index in [4.69, 9.17) is 4.74 Å². The first-order chi connectivity index (χ1) is 9.20. The second-order valence-corrected chi connectivity index (χ2v) is 3.70. The zero-order valence-electron chi connectivity index (χ0n) is 10.7. The Bertz CT molecular complexity index is 554. The number of esters is 1. The largest absolute Gasteiger partial charge is 0.462 e. The molecule has 19 heavy (non-hydrogen) atoms. The van der Waals surface area contributed by atoms with Crippen molar-refractivity contribution in [2.75, 3.05) is 11.9 Å². The molecule has 0 bridgehead atoms. The standard InChI is InChI=1S/C11H14N6O2/c1-3-19-10(18)8-4-12-11(16-7(8)2)13-5-9-14-6-15-17-9/h4,6H,3,5H2,1-2H3,(H,12,13,16)(H,14,15,17). The molecule has 2 N–H and O–H groups in total. The van der Waals surface area contributed by atoms with Crippen LogP contribution in [0.3, 0.4) is 0 Å². The van der Waals surface area contributed by atoms with Crippen molar-refractivity contribution in [3.63, 3.8) is 0 Å². The first kappa shape index (κ1) is 12.9. The van der Waals surface area contributed by atoms with Crippen LogP contribution in [0.4, 0.5) is 5.95 Å². The number of aromatic nitrogens is 5. The number of nitrogens with one attached hydrogen (secondary N) is 2. The van der Waals surface area contributed by atoms with E-state index in [2.05, 4.69) is 30.5 Å². The Hall–Kier alpha value is -2.51. The molecule has 0 unspecified atom stereocenters. The van der Waals surface area contributed by atoms with E-state index in [1.165, 1.54) is 12.5 Å². The molecule has 0 atom stereocenters. The van der Waals surface area contributed by atoms with Gasteiger partial charge in [0, 0.05) is 6.20 Å². The highest BCUT2D eigenvalue weighted by Crippen LogP contribution is 2.09. The molecule has 0 aliphatic rings. The minimum absolute atomic E-state index is 0.323. The molecule has 0 radical (unpaired) electrons. The van der Waals surface area contributed by atoms with Gasteiger partial charge < -0.3 is 10.1 Å². The van der Waals surface area contributed by atoms with E-state index in [9.17, 15) is 4.79 Å². The zero-order chi connectivity index (χ0) is 13.7. The summed E-state index contributed by atoms with van der Waals surface area (Å²) in [5, 5.41) is 9.42. The van der Waals surface area contributed by atoms with Crippen LogP contribution in [0, 0.1) is 6.92 Å². The minimum Gasteiger partial charge on any atom is -0.462 e. The molecule has 100 valence electrons. The molecule has 0 aromatic carbocycles. The van der Waals surface area contributed by atoms with E-state index >= 15 is 0 Å². The molecule has 2 aromatic rings. The van der Waals surface area contributed by atoms with Gasteiger partial charge in [-0.15, -0.1) is 0 Å². The third kappa shape index (κ3) is 3.24. The van der Waals surface area contributed by atoms with Crippen molar-refractivity contribution in [2.45, 2.75) is 20.4 Å². The van der Waals surface area contributed by atoms with Crippen molar-refractivity contribution in [3.8, 4) is 0 Å². The van der Waals surface area contributed by atoms with E-state index in [0.29, 0.717) is 36.2 Å². The van der Waals surface area contributed by atoms with Gasteiger partial charge in [-0.2, -0.15) is 5.10 Å². The lowest BCUT2D eigenvalue weighted by molar-refractivity contribution is 0.0524. The SMILES string of the molecule is CCOC(=O)c1cnc(NCc2ncn[nH]2)nc1C. The lowest BCUT2D eigenvalue weighted by Gasteiger charge is -2.07. The fraction of sp³-hybridized carbons (Fsp3) is 0.364. The first-order valence-electron chi connectivity index (χ1n) is 5.79. The molecule has 2 rings (SSSR count). The molecule has 0 aliphatic carbocycles. The average Bonchev–Trinajstić information content (AvgIpc) is 2.89. The third-order valence-corrected chi connectivity index (χ3v) is 2.35. The smallest absolute Gasteiger partial charge is 0.341 e. The fourth-order valence-corrected chi connectivity index (χ4v) is 1.44. The first-order valence-corrected chi connectivity index (χ1v) is 5.79. The number of hydrogen-bond acceptors (Lipinski definition) is 7. The molecular weight excluding hydrogens is 248 g/mol. The van der Waals surface area contributed by atoms with Crippen LogP contribution in [-0.4, -0.2) is 37.7 Å². The van der Waals surface area contributed by atoms with E-state index in [1.807, 2.05) is 0 Å². The summed E-state index contributed by atoms with van der Waals surface area (Å²) in [5.41, 5.74) is 0.931. The molecule has 8 nitrogen and oxygen atoms in total. The van der Waals surface area contributed by atoms with Gasteiger partial charge in [0.2, 0.25) is 5.95 Å². The number of anilines is 1. The van der Waals surface area contributed by atoms with Gasteiger partial charge in [-0.3, -0.25) is 5.10 Å². The third-order valence-electron chi connectivity index (χ3n) is 2.35. The molecule has 8 heteroatoms. The van der Waals surface area contributed by atoms with E-state index < -0.39 is 5.97 Å². The highest BCUT2D eigenvalue weighted by Gasteiger charge is 2.12. The number of carbonyl (C=O) groups is 1. The van der Waals surface area contributed by atoms with Gasteiger partial charge in [0.15, 0.2) is 0 Å². The molecule has 0 saturated carbocycles. The highest BCUT2D eigenvalue weighted by molar-refractivity contribution is 5.90. The number of H-pyrrole nitrogens is 1. The predicted octanol–water partition coefficient (Wildman–Crippen LogP) is 0.692. The summed E-state index contributed by atoms with van der Waals surface area (Å²) in [4.78, 5) is 23.8. The van der Waals surface area contributed by atoms with Crippen molar-refractivity contribution in [1.82, 2.24) is 25.1 Å². The predicted molar refractivity (Wildman–Crippen MR) is 66.4 cm³/mol. The van der Waals surface area contributed by atoms with Crippen LogP contribution in [0.1, 0.15) is 28.8 Å². The van der Waals surface area contributed by atoms with Crippen LogP contribution in [0.25, 0.3) is 0 Å². The second kappa shape index (κ2) is 5.89. The number of aromatic amines is 1. The molecular formula is C11H14N6O2. The number of hydrogen-bond donors (Lipinski definition) is 2. The number of rotatable bonds is 5. The number of aryl methyl sites for hydroxylation is 1. The number of ether oxygens (including phenoxy) is 1. The van der Waals surface area contributed by atoms with Gasteiger partial charge in [0.1, 0.15) is 12.2 Å². The maximum Gasteiger partial charge on any atom is 0.341 e. The van der Waals surface area contributed by atoms with Crippen LogP contribution in [-0.2, 0) is 11.3 Å². The fourth-order valence-electron chi connectivity index (χ4n) is 1.44. The van der Waals surface area contributed by atoms with E-state index in [-0.39, 0.29) is 0 Å². The van der Waals surface area contributed by atoms with Gasteiger partial charge in [-0.05, 0) is 13.8 Å². The lowest BCUT2D eigenvalue weighted by Crippen LogP contribution is -2.11. The maximum atomic E-state index is 11.6. The molecule has 2 aromatic heterocycles. The van der Waals surface area contributed by atoms with Gasteiger partial charge in [0.25, 0.3) is 0 Å². The van der Waals surface area contributed by atoms with Crippen molar-refractivity contribution in [3.05, 3.63) is 29.6 Å². The Morgan fingerprint density at radius 1 is 1.47 bits per heavy atom. The Labute approximate surface area is 109 Å². The second-order valence-electron chi connectivity index (χ2n) is 3.70. The summed E-state index contributed by atoms with van der Waals surface area (Å²) in [7, 11) is 0. The van der Waals surface area contributed by atoms with E-state index in [0.717, 1.165) is 0 Å². The number of carbonyl (C=O) groups excluding carboxylic acids is 1. The normalized spacial score (nSPS) is 10.2. The summed E-state index contributed by atoms with van der Waals surface area (Å²) in [5.74, 6) is 0.680.